The fourth-order valence-electron chi connectivity index (χ4n) is 5.64. The van der Waals surface area contributed by atoms with Gasteiger partial charge in [-0.3, -0.25) is 4.79 Å². The van der Waals surface area contributed by atoms with Crippen molar-refractivity contribution in [3.63, 3.8) is 0 Å². The lowest BCUT2D eigenvalue weighted by Crippen LogP contribution is -3.00. The molecule has 2 N–H and O–H groups in total. The summed E-state index contributed by atoms with van der Waals surface area (Å²) in [6.45, 7) is 5.91. The molecule has 1 aliphatic rings. The van der Waals surface area contributed by atoms with Crippen molar-refractivity contribution in [1.29, 1.82) is 0 Å². The Hall–Kier alpha value is -2.93. The normalized spacial score (nSPS) is 17.7. The summed E-state index contributed by atoms with van der Waals surface area (Å²) in [5.41, 5.74) is 7.21. The molecule has 4 rings (SSSR count). The van der Waals surface area contributed by atoms with Crippen LogP contribution in [0, 0.1) is 12.8 Å². The highest BCUT2D eigenvalue weighted by Crippen LogP contribution is 2.48. The Morgan fingerprint density at radius 1 is 1.06 bits per heavy atom. The van der Waals surface area contributed by atoms with Gasteiger partial charge in [0, 0.05) is 6.92 Å². The van der Waals surface area contributed by atoms with Crippen molar-refractivity contribution in [1.82, 2.24) is 4.57 Å². The van der Waals surface area contributed by atoms with E-state index in [1.54, 1.807) is 0 Å². The van der Waals surface area contributed by atoms with E-state index >= 15 is 0 Å². The third-order valence-corrected chi connectivity index (χ3v) is 7.12. The van der Waals surface area contributed by atoms with Gasteiger partial charge in [0.1, 0.15) is 23.9 Å². The molecule has 1 fully saturated rings. The fourth-order valence-corrected chi connectivity index (χ4v) is 5.64. The molecule has 0 unspecified atom stereocenters. The van der Waals surface area contributed by atoms with Gasteiger partial charge in [-0.15, -0.1) is 0 Å². The highest BCUT2D eigenvalue weighted by atomic mass is 79.9. The van der Waals surface area contributed by atoms with Crippen molar-refractivity contribution in [2.45, 2.75) is 64.1 Å². The first-order chi connectivity index (χ1) is 16.3. The van der Waals surface area contributed by atoms with Crippen LogP contribution in [0.5, 0.6) is 0 Å². The first kappa shape index (κ1) is 26.7. The number of primary amides is 1. The highest BCUT2D eigenvalue weighted by Gasteiger charge is 2.51. The molecule has 2 aromatic carbocycles. The predicted octanol–water partition coefficient (Wildman–Crippen LogP) is 0.852. The molecule has 1 heterocycles. The number of esters is 1. The SMILES string of the molecule is Cc1n(CC(=O)OC(C)C)cc[n+]1[C@H]1CC[C@@H](C(C(N)=O)(c2ccccc2)c2ccccc2)C1.[Br-]. The van der Waals surface area contributed by atoms with E-state index in [4.69, 9.17) is 10.5 Å². The molecule has 2 atom stereocenters. The van der Waals surface area contributed by atoms with E-state index < -0.39 is 5.41 Å². The molecule has 35 heavy (non-hydrogen) atoms. The first-order valence-corrected chi connectivity index (χ1v) is 12.0. The molecule has 0 saturated heterocycles. The molecule has 186 valence electrons. The Labute approximate surface area is 217 Å². The van der Waals surface area contributed by atoms with Gasteiger partial charge >= 0.3 is 5.97 Å². The second kappa shape index (κ2) is 11.2. The van der Waals surface area contributed by atoms with Crippen LogP contribution in [0.3, 0.4) is 0 Å². The Bertz CT molecular complexity index is 1110. The number of rotatable bonds is 8. The molecule has 3 aromatic rings. The Morgan fingerprint density at radius 3 is 2.14 bits per heavy atom. The largest absolute Gasteiger partial charge is 1.00 e. The van der Waals surface area contributed by atoms with Crippen LogP contribution in [0.15, 0.2) is 73.1 Å². The summed E-state index contributed by atoms with van der Waals surface area (Å²) in [5, 5.41) is 0. The number of carbonyl (C=O) groups excluding carboxylic acids is 2. The van der Waals surface area contributed by atoms with Crippen LogP contribution < -0.4 is 27.3 Å². The van der Waals surface area contributed by atoms with Crippen molar-refractivity contribution in [2.24, 2.45) is 11.7 Å². The number of ether oxygens (including phenoxy) is 1. The zero-order valence-electron chi connectivity index (χ0n) is 20.6. The van der Waals surface area contributed by atoms with Crippen LogP contribution in [-0.4, -0.2) is 22.5 Å². The van der Waals surface area contributed by atoms with Crippen LogP contribution in [-0.2, 0) is 26.3 Å². The standard InChI is InChI=1S/C28H33N3O3.BrH/c1-20(2)34-26(32)19-30-16-17-31(21(30)3)25-15-14-24(18-25)28(27(29)33,22-10-6-4-7-11-22)23-12-8-5-9-13-23;/h4-13,16-17,20,24-25H,14-15,18-19H2,1-3H3,(H-,29,33);1H/t24-,25+;/m1./s1. The van der Waals surface area contributed by atoms with E-state index in [9.17, 15) is 9.59 Å². The topological polar surface area (TPSA) is 78.2 Å². The minimum Gasteiger partial charge on any atom is -1.00 e. The second-order valence-corrected chi connectivity index (χ2v) is 9.49. The average molecular weight is 541 g/mol. The van der Waals surface area contributed by atoms with Gasteiger partial charge in [-0.25, -0.2) is 13.9 Å². The predicted molar refractivity (Wildman–Crippen MR) is 130 cm³/mol. The van der Waals surface area contributed by atoms with Gasteiger partial charge < -0.3 is 27.5 Å². The quantitative estimate of drug-likeness (QED) is 0.340. The summed E-state index contributed by atoms with van der Waals surface area (Å²) < 4.78 is 9.46. The van der Waals surface area contributed by atoms with Crippen LogP contribution >= 0.6 is 0 Å². The molecule has 0 radical (unpaired) electrons. The number of nitrogens with two attached hydrogens (primary N) is 1. The second-order valence-electron chi connectivity index (χ2n) is 9.49. The van der Waals surface area contributed by atoms with Gasteiger partial charge in [0.2, 0.25) is 5.91 Å². The molecule has 7 heteroatoms. The number of aromatic nitrogens is 2. The lowest BCUT2D eigenvalue weighted by atomic mass is 9.64. The Morgan fingerprint density at radius 2 is 1.63 bits per heavy atom. The summed E-state index contributed by atoms with van der Waals surface area (Å²) >= 11 is 0. The van der Waals surface area contributed by atoms with Crippen LogP contribution in [0.25, 0.3) is 0 Å². The molecule has 1 aromatic heterocycles. The third kappa shape index (κ3) is 5.20. The van der Waals surface area contributed by atoms with Crippen LogP contribution in [0.4, 0.5) is 0 Å². The maximum absolute atomic E-state index is 13.3. The zero-order chi connectivity index (χ0) is 24.3. The number of carbonyl (C=O) groups is 2. The van der Waals surface area contributed by atoms with Crippen LogP contribution in [0.2, 0.25) is 0 Å². The monoisotopic (exact) mass is 539 g/mol. The lowest BCUT2D eigenvalue weighted by Gasteiger charge is -2.37. The van der Waals surface area contributed by atoms with Gasteiger partial charge in [0.15, 0.2) is 6.54 Å². The van der Waals surface area contributed by atoms with E-state index in [-0.39, 0.29) is 53.5 Å². The minimum absolute atomic E-state index is 0. The van der Waals surface area contributed by atoms with Crippen molar-refractivity contribution in [3.8, 4) is 0 Å². The summed E-state index contributed by atoms with van der Waals surface area (Å²) in [7, 11) is 0. The van der Waals surface area contributed by atoms with Crippen LogP contribution in [0.1, 0.15) is 56.1 Å². The van der Waals surface area contributed by atoms with E-state index in [0.717, 1.165) is 36.2 Å². The number of nitrogens with zero attached hydrogens (tertiary/aromatic N) is 2. The molecule has 1 saturated carbocycles. The first-order valence-electron chi connectivity index (χ1n) is 12.0. The van der Waals surface area contributed by atoms with Crippen molar-refractivity contribution in [3.05, 3.63) is 90.0 Å². The summed E-state index contributed by atoms with van der Waals surface area (Å²) in [6, 6.07) is 20.1. The van der Waals surface area contributed by atoms with Gasteiger partial charge in [0.05, 0.1) is 6.10 Å². The smallest absolute Gasteiger partial charge is 0.348 e. The molecule has 1 aliphatic carbocycles. The Balaban J connectivity index is 0.00000342. The van der Waals surface area contributed by atoms with E-state index in [1.807, 2.05) is 98.4 Å². The summed E-state index contributed by atoms with van der Waals surface area (Å²) in [6.07, 6.45) is 6.46. The maximum Gasteiger partial charge on any atom is 0.348 e. The minimum atomic E-state index is -0.893. The van der Waals surface area contributed by atoms with Crippen molar-refractivity contribution in [2.75, 3.05) is 0 Å². The van der Waals surface area contributed by atoms with Gasteiger partial charge in [-0.05, 0) is 50.2 Å². The van der Waals surface area contributed by atoms with Crippen molar-refractivity contribution >= 4 is 11.9 Å². The van der Waals surface area contributed by atoms with E-state index in [1.165, 1.54) is 0 Å². The number of hydrogen-bond donors (Lipinski definition) is 1. The van der Waals surface area contributed by atoms with E-state index in [0.29, 0.717) is 0 Å². The lowest BCUT2D eigenvalue weighted by molar-refractivity contribution is -0.727. The number of imidazole rings is 1. The highest BCUT2D eigenvalue weighted by molar-refractivity contribution is 5.91. The van der Waals surface area contributed by atoms with Gasteiger partial charge in [-0.2, -0.15) is 0 Å². The number of halogens is 1. The fraction of sp³-hybridized carbons (Fsp3) is 0.393. The molecule has 0 aliphatic heterocycles. The molecule has 0 bridgehead atoms. The van der Waals surface area contributed by atoms with Crippen molar-refractivity contribution < 1.29 is 35.9 Å². The number of amides is 1. The Kier molecular flexibility index (Phi) is 8.54. The molecular formula is C28H34BrN3O3. The number of hydrogen-bond acceptors (Lipinski definition) is 3. The average Bonchev–Trinajstić information content (AvgIpc) is 3.42. The van der Waals surface area contributed by atoms with Gasteiger partial charge in [0.25, 0.3) is 5.82 Å². The summed E-state index contributed by atoms with van der Waals surface area (Å²) in [5.74, 6) is 0.494. The van der Waals surface area contributed by atoms with E-state index in [2.05, 4.69) is 4.57 Å². The molecule has 1 amide bonds. The zero-order valence-corrected chi connectivity index (χ0v) is 22.1. The third-order valence-electron chi connectivity index (χ3n) is 7.12. The summed E-state index contributed by atoms with van der Waals surface area (Å²) in [4.78, 5) is 25.5. The maximum atomic E-state index is 13.3. The molecular weight excluding hydrogens is 506 g/mol. The number of benzene rings is 2. The van der Waals surface area contributed by atoms with Gasteiger partial charge in [-0.1, -0.05) is 60.7 Å². The molecule has 0 spiro atoms. The molecule has 6 nitrogen and oxygen atoms in total.